The van der Waals surface area contributed by atoms with E-state index in [0.717, 1.165) is 29.6 Å². The lowest BCUT2D eigenvalue weighted by atomic mass is 9.66. The van der Waals surface area contributed by atoms with Crippen LogP contribution in [-0.4, -0.2) is 0 Å². The fraction of sp³-hybridized carbons (Fsp3) is 0.867. The quantitative estimate of drug-likeness (QED) is 0.578. The van der Waals surface area contributed by atoms with Crippen molar-refractivity contribution in [2.75, 3.05) is 0 Å². The summed E-state index contributed by atoms with van der Waals surface area (Å²) in [6, 6.07) is 0. The van der Waals surface area contributed by atoms with E-state index in [1.54, 1.807) is 0 Å². The summed E-state index contributed by atoms with van der Waals surface area (Å²) >= 11 is 0. The zero-order valence-corrected chi connectivity index (χ0v) is 11.2. The Bertz CT molecular complexity index is 202. The zero-order chi connectivity index (χ0) is 11.4. The Balaban J connectivity index is 2.69. The van der Waals surface area contributed by atoms with Gasteiger partial charge in [-0.1, -0.05) is 46.3 Å². The number of rotatable bonds is 3. The molecule has 4 unspecified atom stereocenters. The normalized spacial score (nSPS) is 34.9. The molecule has 0 spiro atoms. The predicted molar refractivity (Wildman–Crippen MR) is 68.8 cm³/mol. The second-order valence-corrected chi connectivity index (χ2v) is 5.87. The minimum Gasteiger partial charge on any atom is -0.0914 e. The average molecular weight is 208 g/mol. The zero-order valence-electron chi connectivity index (χ0n) is 11.2. The van der Waals surface area contributed by atoms with Gasteiger partial charge in [-0.3, -0.25) is 0 Å². The molecular formula is C15H28. The van der Waals surface area contributed by atoms with E-state index in [9.17, 15) is 0 Å². The van der Waals surface area contributed by atoms with Gasteiger partial charge in [-0.25, -0.2) is 0 Å². The molecule has 0 N–H and O–H groups in total. The first-order valence-corrected chi connectivity index (χ1v) is 6.69. The molecule has 0 aromatic rings. The third-order valence-corrected chi connectivity index (χ3v) is 4.24. The molecule has 0 heteroatoms. The first-order chi connectivity index (χ1) is 7.06. The molecule has 1 aliphatic rings. The molecule has 0 saturated heterocycles. The third-order valence-electron chi connectivity index (χ3n) is 4.24. The van der Waals surface area contributed by atoms with Gasteiger partial charge in [-0.05, 0) is 49.4 Å². The van der Waals surface area contributed by atoms with Gasteiger partial charge in [0.1, 0.15) is 0 Å². The summed E-state index contributed by atoms with van der Waals surface area (Å²) in [5.41, 5.74) is 0. The van der Waals surface area contributed by atoms with Gasteiger partial charge in [0, 0.05) is 0 Å². The molecular weight excluding hydrogens is 180 g/mol. The predicted octanol–water partition coefficient (Wildman–Crippen LogP) is 4.91. The van der Waals surface area contributed by atoms with Gasteiger partial charge in [0.2, 0.25) is 0 Å². The molecule has 15 heavy (non-hydrogen) atoms. The summed E-state index contributed by atoms with van der Waals surface area (Å²) in [4.78, 5) is 0. The van der Waals surface area contributed by atoms with E-state index < -0.39 is 0 Å². The van der Waals surface area contributed by atoms with Crippen LogP contribution in [0.5, 0.6) is 0 Å². The van der Waals surface area contributed by atoms with E-state index in [4.69, 9.17) is 0 Å². The van der Waals surface area contributed by atoms with Crippen molar-refractivity contribution in [1.29, 1.82) is 0 Å². The Morgan fingerprint density at radius 2 is 1.73 bits per heavy atom. The topological polar surface area (TPSA) is 0 Å². The summed E-state index contributed by atoms with van der Waals surface area (Å²) in [5, 5.41) is 0. The minimum absolute atomic E-state index is 0.769. The van der Waals surface area contributed by atoms with E-state index in [-0.39, 0.29) is 0 Å². The molecule has 0 radical (unpaired) electrons. The van der Waals surface area contributed by atoms with Gasteiger partial charge < -0.3 is 0 Å². The lowest BCUT2D eigenvalue weighted by Crippen LogP contribution is -2.31. The molecule has 0 heterocycles. The van der Waals surface area contributed by atoms with Crippen LogP contribution in [0.3, 0.4) is 0 Å². The monoisotopic (exact) mass is 208 g/mol. The van der Waals surface area contributed by atoms with E-state index in [0.29, 0.717) is 0 Å². The molecule has 1 fully saturated rings. The maximum Gasteiger partial charge on any atom is -0.0231 e. The van der Waals surface area contributed by atoms with Crippen LogP contribution in [0.15, 0.2) is 12.2 Å². The summed E-state index contributed by atoms with van der Waals surface area (Å²) in [6.07, 6.45) is 8.96. The van der Waals surface area contributed by atoms with Gasteiger partial charge in [0.15, 0.2) is 0 Å². The Morgan fingerprint density at radius 1 is 1.07 bits per heavy atom. The third kappa shape index (κ3) is 3.36. The van der Waals surface area contributed by atoms with Gasteiger partial charge in [0.25, 0.3) is 0 Å². The van der Waals surface area contributed by atoms with Crippen LogP contribution >= 0.6 is 0 Å². The molecule has 0 aromatic carbocycles. The molecule has 0 aromatic heterocycles. The van der Waals surface area contributed by atoms with E-state index in [1.807, 2.05) is 0 Å². The van der Waals surface area contributed by atoms with Crippen molar-refractivity contribution in [2.45, 2.75) is 53.9 Å². The number of hydrogen-bond donors (Lipinski definition) is 0. The van der Waals surface area contributed by atoms with Gasteiger partial charge in [-0.2, -0.15) is 0 Å². The fourth-order valence-electron chi connectivity index (χ4n) is 3.33. The SMILES string of the molecule is CC=CC(C)C1CC(C)CCC1C(C)C. The van der Waals surface area contributed by atoms with Crippen molar-refractivity contribution >= 4 is 0 Å². The molecule has 0 bridgehead atoms. The summed E-state index contributed by atoms with van der Waals surface area (Å²) in [7, 11) is 0. The molecule has 0 amide bonds. The van der Waals surface area contributed by atoms with Crippen LogP contribution in [0, 0.1) is 29.6 Å². The molecule has 4 atom stereocenters. The Morgan fingerprint density at radius 3 is 2.27 bits per heavy atom. The largest absolute Gasteiger partial charge is 0.0914 e. The number of allylic oxidation sites excluding steroid dienone is 2. The van der Waals surface area contributed by atoms with Crippen molar-refractivity contribution < 1.29 is 0 Å². The van der Waals surface area contributed by atoms with E-state index >= 15 is 0 Å². The lowest BCUT2D eigenvalue weighted by molar-refractivity contribution is 0.115. The second-order valence-electron chi connectivity index (χ2n) is 5.87. The highest BCUT2D eigenvalue weighted by Crippen LogP contribution is 2.42. The summed E-state index contributed by atoms with van der Waals surface area (Å²) in [5.74, 6) is 4.44. The highest BCUT2D eigenvalue weighted by molar-refractivity contribution is 4.92. The maximum atomic E-state index is 2.42. The van der Waals surface area contributed by atoms with Crippen LogP contribution in [0.2, 0.25) is 0 Å². The van der Waals surface area contributed by atoms with Crippen LogP contribution in [0.1, 0.15) is 53.9 Å². The average Bonchev–Trinajstić information content (AvgIpc) is 2.17. The fourth-order valence-corrected chi connectivity index (χ4v) is 3.33. The van der Waals surface area contributed by atoms with Crippen LogP contribution in [-0.2, 0) is 0 Å². The Kier molecular flexibility index (Phi) is 4.89. The number of hydrogen-bond acceptors (Lipinski definition) is 0. The molecule has 0 nitrogen and oxygen atoms in total. The molecule has 1 aliphatic carbocycles. The minimum atomic E-state index is 0.769. The first kappa shape index (κ1) is 12.8. The van der Waals surface area contributed by atoms with Crippen LogP contribution in [0.4, 0.5) is 0 Å². The van der Waals surface area contributed by atoms with Crippen LogP contribution in [0.25, 0.3) is 0 Å². The standard InChI is InChI=1S/C15H28/c1-6-7-13(5)15-10-12(4)8-9-14(15)11(2)3/h6-7,11-15H,8-10H2,1-5H3. The Labute approximate surface area is 96.2 Å². The van der Waals surface area contributed by atoms with Gasteiger partial charge >= 0.3 is 0 Å². The van der Waals surface area contributed by atoms with E-state index in [1.165, 1.54) is 19.3 Å². The van der Waals surface area contributed by atoms with E-state index in [2.05, 4.69) is 46.8 Å². The lowest BCUT2D eigenvalue weighted by Gasteiger charge is -2.40. The summed E-state index contributed by atoms with van der Waals surface area (Å²) < 4.78 is 0. The highest BCUT2D eigenvalue weighted by Gasteiger charge is 2.32. The summed E-state index contributed by atoms with van der Waals surface area (Å²) in [6.45, 7) is 11.8. The second kappa shape index (κ2) is 5.72. The van der Waals surface area contributed by atoms with Crippen molar-refractivity contribution in [3.8, 4) is 0 Å². The molecule has 1 rings (SSSR count). The molecule has 1 saturated carbocycles. The van der Waals surface area contributed by atoms with Crippen molar-refractivity contribution in [3.63, 3.8) is 0 Å². The molecule has 0 aliphatic heterocycles. The van der Waals surface area contributed by atoms with Gasteiger partial charge in [0.05, 0.1) is 0 Å². The smallest absolute Gasteiger partial charge is 0.0231 e. The van der Waals surface area contributed by atoms with Crippen molar-refractivity contribution in [3.05, 3.63) is 12.2 Å². The Hall–Kier alpha value is -0.260. The van der Waals surface area contributed by atoms with Crippen LogP contribution < -0.4 is 0 Å². The maximum absolute atomic E-state index is 2.42. The molecule has 88 valence electrons. The first-order valence-electron chi connectivity index (χ1n) is 6.69. The van der Waals surface area contributed by atoms with Gasteiger partial charge in [-0.15, -0.1) is 0 Å². The highest BCUT2D eigenvalue weighted by atomic mass is 14.4. The van der Waals surface area contributed by atoms with Crippen molar-refractivity contribution in [1.82, 2.24) is 0 Å². The van der Waals surface area contributed by atoms with Crippen molar-refractivity contribution in [2.24, 2.45) is 29.6 Å².